The fraction of sp³-hybridized carbons (Fsp3) is 0.583. The molecule has 1 aliphatic heterocycles. The van der Waals surface area contributed by atoms with Crippen molar-refractivity contribution in [2.45, 2.75) is 32.4 Å². The summed E-state index contributed by atoms with van der Waals surface area (Å²) < 4.78 is 0. The Morgan fingerprint density at radius 3 is 3.20 bits per heavy atom. The van der Waals surface area contributed by atoms with Crippen LogP contribution in [0.2, 0.25) is 0 Å². The molecule has 0 radical (unpaired) electrons. The second-order valence-electron chi connectivity index (χ2n) is 4.30. The van der Waals surface area contributed by atoms with Crippen LogP contribution < -0.4 is 0 Å². The summed E-state index contributed by atoms with van der Waals surface area (Å²) in [6.45, 7) is 4.82. The molecule has 3 heteroatoms. The molecule has 0 unspecified atom stereocenters. The maximum Gasteiger partial charge on any atom is 0.0667 e. The average molecular weight is 206 g/mol. The zero-order valence-corrected chi connectivity index (χ0v) is 9.19. The topological polar surface area (TPSA) is 36.4 Å². The number of nitrogens with zero attached hydrogens (tertiary/aromatic N) is 2. The van der Waals surface area contributed by atoms with Gasteiger partial charge < -0.3 is 5.11 Å². The first-order valence-electron chi connectivity index (χ1n) is 5.56. The number of pyridine rings is 1. The van der Waals surface area contributed by atoms with E-state index in [1.807, 2.05) is 12.3 Å². The Kier molecular flexibility index (Phi) is 3.34. The molecule has 3 nitrogen and oxygen atoms in total. The molecule has 15 heavy (non-hydrogen) atoms. The second-order valence-corrected chi connectivity index (χ2v) is 4.30. The second kappa shape index (κ2) is 4.73. The molecule has 1 fully saturated rings. The first kappa shape index (κ1) is 10.6. The monoisotopic (exact) mass is 206 g/mol. The summed E-state index contributed by atoms with van der Waals surface area (Å²) in [6.07, 6.45) is 3.72. The van der Waals surface area contributed by atoms with Crippen molar-refractivity contribution < 1.29 is 5.11 Å². The molecule has 1 aromatic rings. The summed E-state index contributed by atoms with van der Waals surface area (Å²) in [7, 11) is 0. The molecular weight excluding hydrogens is 188 g/mol. The smallest absolute Gasteiger partial charge is 0.0667 e. The number of aliphatic hydroxyl groups is 1. The van der Waals surface area contributed by atoms with E-state index in [0.717, 1.165) is 38.2 Å². The molecule has 82 valence electrons. The van der Waals surface area contributed by atoms with Gasteiger partial charge in [0, 0.05) is 19.3 Å². The molecule has 2 rings (SSSR count). The van der Waals surface area contributed by atoms with E-state index in [1.165, 1.54) is 5.56 Å². The summed E-state index contributed by atoms with van der Waals surface area (Å²) in [6, 6.07) is 4.05. The number of aromatic nitrogens is 1. The minimum Gasteiger partial charge on any atom is -0.392 e. The third kappa shape index (κ3) is 2.76. The Balaban J connectivity index is 1.99. The SMILES string of the molecule is Cc1cccnc1CN1CCC[C@H](O)C1. The maximum absolute atomic E-state index is 9.56. The van der Waals surface area contributed by atoms with Crippen molar-refractivity contribution >= 4 is 0 Å². The van der Waals surface area contributed by atoms with E-state index >= 15 is 0 Å². The van der Waals surface area contributed by atoms with Gasteiger partial charge >= 0.3 is 0 Å². The molecule has 0 amide bonds. The van der Waals surface area contributed by atoms with Gasteiger partial charge in [-0.2, -0.15) is 0 Å². The van der Waals surface area contributed by atoms with Gasteiger partial charge in [-0.15, -0.1) is 0 Å². The first-order valence-corrected chi connectivity index (χ1v) is 5.56. The molecule has 1 saturated heterocycles. The van der Waals surface area contributed by atoms with E-state index in [-0.39, 0.29) is 6.10 Å². The van der Waals surface area contributed by atoms with Crippen molar-refractivity contribution in [1.82, 2.24) is 9.88 Å². The molecular formula is C12H18N2O. The Morgan fingerprint density at radius 1 is 1.60 bits per heavy atom. The van der Waals surface area contributed by atoms with Gasteiger partial charge in [0.25, 0.3) is 0 Å². The molecule has 1 N–H and O–H groups in total. The zero-order valence-electron chi connectivity index (χ0n) is 9.19. The molecule has 1 aromatic heterocycles. The third-order valence-electron chi connectivity index (χ3n) is 2.97. The summed E-state index contributed by atoms with van der Waals surface area (Å²) in [4.78, 5) is 6.66. The van der Waals surface area contributed by atoms with Crippen LogP contribution in [0, 0.1) is 6.92 Å². The summed E-state index contributed by atoms with van der Waals surface area (Å²) in [5.74, 6) is 0. The van der Waals surface area contributed by atoms with Gasteiger partial charge in [-0.25, -0.2) is 0 Å². The van der Waals surface area contributed by atoms with Crippen molar-refractivity contribution in [1.29, 1.82) is 0 Å². The van der Waals surface area contributed by atoms with Gasteiger partial charge in [-0.3, -0.25) is 9.88 Å². The Labute approximate surface area is 90.8 Å². The molecule has 0 aliphatic carbocycles. The lowest BCUT2D eigenvalue weighted by molar-refractivity contribution is 0.0661. The van der Waals surface area contributed by atoms with E-state index < -0.39 is 0 Å². The predicted molar refractivity (Wildman–Crippen MR) is 59.5 cm³/mol. The normalized spacial score (nSPS) is 22.9. The van der Waals surface area contributed by atoms with Crippen molar-refractivity contribution in [3.63, 3.8) is 0 Å². The minimum atomic E-state index is -0.150. The van der Waals surface area contributed by atoms with Gasteiger partial charge in [-0.1, -0.05) is 6.07 Å². The van der Waals surface area contributed by atoms with E-state index in [4.69, 9.17) is 0 Å². The largest absolute Gasteiger partial charge is 0.392 e. The van der Waals surface area contributed by atoms with E-state index in [2.05, 4.69) is 22.9 Å². The van der Waals surface area contributed by atoms with Gasteiger partial charge in [0.1, 0.15) is 0 Å². The summed E-state index contributed by atoms with van der Waals surface area (Å²) in [5.41, 5.74) is 2.36. The van der Waals surface area contributed by atoms with Crippen LogP contribution in [-0.4, -0.2) is 34.2 Å². The van der Waals surface area contributed by atoms with Crippen LogP contribution in [-0.2, 0) is 6.54 Å². The van der Waals surface area contributed by atoms with Crippen LogP contribution in [0.3, 0.4) is 0 Å². The van der Waals surface area contributed by atoms with Gasteiger partial charge in [0.05, 0.1) is 11.8 Å². The van der Waals surface area contributed by atoms with Gasteiger partial charge in [0.2, 0.25) is 0 Å². The highest BCUT2D eigenvalue weighted by atomic mass is 16.3. The van der Waals surface area contributed by atoms with E-state index in [1.54, 1.807) is 0 Å². The minimum absolute atomic E-state index is 0.150. The van der Waals surface area contributed by atoms with Crippen LogP contribution >= 0.6 is 0 Å². The zero-order chi connectivity index (χ0) is 10.7. The highest BCUT2D eigenvalue weighted by Gasteiger charge is 2.18. The Morgan fingerprint density at radius 2 is 2.47 bits per heavy atom. The maximum atomic E-state index is 9.56. The number of piperidine rings is 1. The highest BCUT2D eigenvalue weighted by Crippen LogP contribution is 2.14. The van der Waals surface area contributed by atoms with Crippen molar-refractivity contribution in [2.75, 3.05) is 13.1 Å². The van der Waals surface area contributed by atoms with Crippen LogP contribution in [0.4, 0.5) is 0 Å². The highest BCUT2D eigenvalue weighted by molar-refractivity contribution is 5.17. The Bertz CT molecular complexity index is 327. The van der Waals surface area contributed by atoms with Crippen LogP contribution in [0.1, 0.15) is 24.1 Å². The number of β-amino-alcohol motifs (C(OH)–C–C–N with tert-alkyl or cyclic N) is 1. The standard InChI is InChI=1S/C12H18N2O/c1-10-4-2-6-13-12(10)9-14-7-3-5-11(15)8-14/h2,4,6,11,15H,3,5,7-9H2,1H3/t11-/m0/s1. The molecule has 0 aromatic carbocycles. The summed E-state index contributed by atoms with van der Waals surface area (Å²) in [5, 5.41) is 9.56. The molecule has 1 aliphatic rings. The van der Waals surface area contributed by atoms with Crippen LogP contribution in [0.5, 0.6) is 0 Å². The van der Waals surface area contributed by atoms with E-state index in [0.29, 0.717) is 0 Å². The molecule has 0 spiro atoms. The molecule has 2 heterocycles. The number of aryl methyl sites for hydroxylation is 1. The molecule has 0 bridgehead atoms. The van der Waals surface area contributed by atoms with Crippen molar-refractivity contribution in [2.24, 2.45) is 0 Å². The lowest BCUT2D eigenvalue weighted by Gasteiger charge is -2.29. The fourth-order valence-electron chi connectivity index (χ4n) is 2.07. The van der Waals surface area contributed by atoms with Gasteiger partial charge in [0.15, 0.2) is 0 Å². The number of rotatable bonds is 2. The number of likely N-dealkylation sites (tertiary alicyclic amines) is 1. The molecule has 0 saturated carbocycles. The number of aliphatic hydroxyl groups excluding tert-OH is 1. The number of hydrogen-bond donors (Lipinski definition) is 1. The van der Waals surface area contributed by atoms with Crippen LogP contribution in [0.25, 0.3) is 0 Å². The molecule has 1 atom stereocenters. The van der Waals surface area contributed by atoms with E-state index in [9.17, 15) is 5.11 Å². The lowest BCUT2D eigenvalue weighted by Crippen LogP contribution is -2.37. The van der Waals surface area contributed by atoms with Crippen molar-refractivity contribution in [3.05, 3.63) is 29.6 Å². The fourth-order valence-corrected chi connectivity index (χ4v) is 2.07. The number of hydrogen-bond acceptors (Lipinski definition) is 3. The third-order valence-corrected chi connectivity index (χ3v) is 2.97. The lowest BCUT2D eigenvalue weighted by atomic mass is 10.1. The van der Waals surface area contributed by atoms with Crippen molar-refractivity contribution in [3.8, 4) is 0 Å². The average Bonchev–Trinajstić information content (AvgIpc) is 2.22. The quantitative estimate of drug-likeness (QED) is 0.793. The van der Waals surface area contributed by atoms with Crippen LogP contribution in [0.15, 0.2) is 18.3 Å². The first-order chi connectivity index (χ1) is 7.25. The summed E-state index contributed by atoms with van der Waals surface area (Å²) >= 11 is 0. The Hall–Kier alpha value is -0.930. The predicted octanol–water partition coefficient (Wildman–Crippen LogP) is 1.35. The van der Waals surface area contributed by atoms with Gasteiger partial charge in [-0.05, 0) is 37.9 Å².